The molecular formula is C20H22FN5O4S2. The highest BCUT2D eigenvalue weighted by atomic mass is 32.2. The van der Waals surface area contributed by atoms with E-state index in [0.717, 1.165) is 0 Å². The van der Waals surface area contributed by atoms with E-state index in [1.807, 2.05) is 0 Å². The maximum atomic E-state index is 13.5. The lowest BCUT2D eigenvalue weighted by molar-refractivity contribution is -0.143. The Morgan fingerprint density at radius 3 is 2.75 bits per heavy atom. The zero-order valence-electron chi connectivity index (χ0n) is 17.4. The summed E-state index contributed by atoms with van der Waals surface area (Å²) in [4.78, 5) is 38.7. The fraction of sp³-hybridized carbons (Fsp3) is 0.350. The van der Waals surface area contributed by atoms with Crippen molar-refractivity contribution in [2.75, 3.05) is 24.2 Å². The van der Waals surface area contributed by atoms with Gasteiger partial charge in [-0.05, 0) is 30.7 Å². The predicted molar refractivity (Wildman–Crippen MR) is 118 cm³/mol. The number of amides is 3. The molecular weight excluding hydrogens is 457 g/mol. The molecule has 1 aromatic heterocycles. The highest BCUT2D eigenvalue weighted by Crippen LogP contribution is 2.36. The number of benzene rings is 1. The third-order valence-electron chi connectivity index (χ3n) is 5.57. The molecule has 2 aliphatic heterocycles. The number of rotatable bonds is 2. The second-order valence-electron chi connectivity index (χ2n) is 7.84. The standard InChI is InChI=1S/C20H22FN5O4S2/c1-10-5-12(3-4-13(10)21)23-19(28)16-17-15(8-25(16)2)32(30)24-14-7-26(20(29)18(22)27)6-11(14)9-31-17/h3-5,8,11,14,24H,6-7,9H2,1-2H3,(H2,22,27)(H,23,28). The molecule has 0 saturated carbocycles. The van der Waals surface area contributed by atoms with Crippen molar-refractivity contribution >= 4 is 46.2 Å². The van der Waals surface area contributed by atoms with Crippen LogP contribution in [-0.4, -0.2) is 56.3 Å². The summed E-state index contributed by atoms with van der Waals surface area (Å²) in [6.45, 7) is 2.15. The zero-order chi connectivity index (χ0) is 23.2. The van der Waals surface area contributed by atoms with Gasteiger partial charge in [-0.1, -0.05) is 0 Å². The third-order valence-corrected chi connectivity index (χ3v) is 8.22. The monoisotopic (exact) mass is 479 g/mol. The average Bonchev–Trinajstić information content (AvgIpc) is 3.27. The number of aryl methyl sites for hydroxylation is 2. The van der Waals surface area contributed by atoms with Crippen LogP contribution < -0.4 is 15.8 Å². The van der Waals surface area contributed by atoms with E-state index in [4.69, 9.17) is 5.73 Å². The Morgan fingerprint density at radius 2 is 2.06 bits per heavy atom. The van der Waals surface area contributed by atoms with E-state index in [1.54, 1.807) is 30.8 Å². The number of thioether (sulfide) groups is 1. The molecule has 0 aliphatic carbocycles. The van der Waals surface area contributed by atoms with Crippen molar-refractivity contribution in [2.24, 2.45) is 18.7 Å². The molecule has 2 aliphatic rings. The van der Waals surface area contributed by atoms with Crippen LogP contribution in [0.3, 0.4) is 0 Å². The highest BCUT2D eigenvalue weighted by Gasteiger charge is 2.40. The Hall–Kier alpha value is -2.70. The van der Waals surface area contributed by atoms with Crippen LogP contribution in [-0.2, 0) is 27.6 Å². The minimum absolute atomic E-state index is 0.0729. The van der Waals surface area contributed by atoms with E-state index >= 15 is 0 Å². The fourth-order valence-corrected chi connectivity index (χ4v) is 6.79. The van der Waals surface area contributed by atoms with E-state index in [-0.39, 0.29) is 24.3 Å². The van der Waals surface area contributed by atoms with Gasteiger partial charge >= 0.3 is 11.8 Å². The highest BCUT2D eigenvalue weighted by molar-refractivity contribution is 8.00. The van der Waals surface area contributed by atoms with Crippen molar-refractivity contribution in [3.63, 3.8) is 0 Å². The zero-order valence-corrected chi connectivity index (χ0v) is 19.0. The van der Waals surface area contributed by atoms with Crippen molar-refractivity contribution < 1.29 is 23.0 Å². The van der Waals surface area contributed by atoms with Crippen LogP contribution in [0.2, 0.25) is 0 Å². The summed E-state index contributed by atoms with van der Waals surface area (Å²) in [5, 5.41) is 2.77. The lowest BCUT2D eigenvalue weighted by Gasteiger charge is -2.22. The summed E-state index contributed by atoms with van der Waals surface area (Å²) in [6, 6.07) is 4.04. The molecule has 1 saturated heterocycles. The van der Waals surface area contributed by atoms with Gasteiger partial charge in [0.25, 0.3) is 5.91 Å². The van der Waals surface area contributed by atoms with E-state index in [0.29, 0.717) is 39.0 Å². The molecule has 2 aromatic rings. The number of halogens is 1. The van der Waals surface area contributed by atoms with Crippen molar-refractivity contribution in [3.05, 3.63) is 41.5 Å². The number of nitrogens with one attached hydrogen (secondary N) is 2. The molecule has 4 N–H and O–H groups in total. The van der Waals surface area contributed by atoms with Gasteiger partial charge in [0.05, 0.1) is 9.79 Å². The fourth-order valence-electron chi connectivity index (χ4n) is 3.91. The number of likely N-dealkylation sites (tertiary alicyclic amines) is 1. The molecule has 3 amide bonds. The Labute approximate surface area is 190 Å². The van der Waals surface area contributed by atoms with E-state index < -0.39 is 28.7 Å². The number of carbonyl (C=O) groups excluding carboxylic acids is 3. The lowest BCUT2D eigenvalue weighted by atomic mass is 10.1. The second-order valence-corrected chi connectivity index (χ2v) is 10.1. The number of hydrogen-bond acceptors (Lipinski definition) is 5. The Kier molecular flexibility index (Phi) is 6.10. The van der Waals surface area contributed by atoms with Crippen molar-refractivity contribution in [1.82, 2.24) is 14.2 Å². The summed E-state index contributed by atoms with van der Waals surface area (Å²) in [5.74, 6) is -2.08. The maximum absolute atomic E-state index is 13.5. The number of carbonyl (C=O) groups is 3. The van der Waals surface area contributed by atoms with Crippen LogP contribution in [0.15, 0.2) is 34.2 Å². The van der Waals surface area contributed by atoms with Crippen LogP contribution in [0.5, 0.6) is 0 Å². The SMILES string of the molecule is Cc1cc(NC(=O)c2c3c(cn2C)S(=O)NC2CN(C(=O)C(N)=O)CC2CS3)ccc1F. The first-order valence-electron chi connectivity index (χ1n) is 9.82. The molecule has 0 spiro atoms. The molecule has 9 nitrogen and oxygen atoms in total. The van der Waals surface area contributed by atoms with Crippen LogP contribution in [0.25, 0.3) is 0 Å². The minimum Gasteiger partial charge on any atom is -0.361 e. The molecule has 32 heavy (non-hydrogen) atoms. The molecule has 12 heteroatoms. The maximum Gasteiger partial charge on any atom is 0.311 e. The Balaban J connectivity index is 1.58. The lowest BCUT2D eigenvalue weighted by Crippen LogP contribution is -2.42. The van der Waals surface area contributed by atoms with Crippen molar-refractivity contribution in [1.29, 1.82) is 0 Å². The van der Waals surface area contributed by atoms with E-state index in [2.05, 4.69) is 10.0 Å². The molecule has 3 atom stereocenters. The first kappa shape index (κ1) is 22.5. The molecule has 4 rings (SSSR count). The predicted octanol–water partition coefficient (Wildman–Crippen LogP) is 0.755. The van der Waals surface area contributed by atoms with Crippen LogP contribution in [0.1, 0.15) is 16.1 Å². The molecule has 1 fully saturated rings. The van der Waals surface area contributed by atoms with Gasteiger partial charge in [0, 0.05) is 49.7 Å². The van der Waals surface area contributed by atoms with Gasteiger partial charge in [-0.3, -0.25) is 14.4 Å². The largest absolute Gasteiger partial charge is 0.361 e. The average molecular weight is 480 g/mol. The van der Waals surface area contributed by atoms with Crippen LogP contribution >= 0.6 is 11.8 Å². The Bertz CT molecular complexity index is 1150. The third kappa shape index (κ3) is 4.17. The van der Waals surface area contributed by atoms with Gasteiger partial charge in [0.15, 0.2) is 0 Å². The number of hydrogen-bond donors (Lipinski definition) is 3. The van der Waals surface area contributed by atoms with Gasteiger partial charge in [-0.15, -0.1) is 11.8 Å². The first-order valence-corrected chi connectivity index (χ1v) is 12.0. The molecule has 170 valence electrons. The summed E-state index contributed by atoms with van der Waals surface area (Å²) >= 11 is 1.39. The van der Waals surface area contributed by atoms with Crippen molar-refractivity contribution in [2.45, 2.75) is 22.8 Å². The number of aromatic nitrogens is 1. The van der Waals surface area contributed by atoms with E-state index in [9.17, 15) is 23.0 Å². The summed E-state index contributed by atoms with van der Waals surface area (Å²) in [5.41, 5.74) is 6.31. The van der Waals surface area contributed by atoms with Gasteiger partial charge in [0.2, 0.25) is 0 Å². The molecule has 0 radical (unpaired) electrons. The number of nitrogens with two attached hydrogens (primary N) is 1. The van der Waals surface area contributed by atoms with E-state index in [1.165, 1.54) is 28.8 Å². The van der Waals surface area contributed by atoms with Gasteiger partial charge < -0.3 is 20.5 Å². The number of nitrogens with zero attached hydrogens (tertiary/aromatic N) is 2. The summed E-state index contributed by atoms with van der Waals surface area (Å²) in [7, 11) is 0.0683. The topological polar surface area (TPSA) is 127 Å². The van der Waals surface area contributed by atoms with Gasteiger partial charge in [-0.25, -0.2) is 13.3 Å². The number of fused-ring (bicyclic) bond motifs is 2. The quantitative estimate of drug-likeness (QED) is 0.548. The number of primary amides is 1. The number of anilines is 1. The van der Waals surface area contributed by atoms with Crippen LogP contribution in [0.4, 0.5) is 10.1 Å². The molecule has 3 unspecified atom stereocenters. The van der Waals surface area contributed by atoms with Crippen molar-refractivity contribution in [3.8, 4) is 0 Å². The summed E-state index contributed by atoms with van der Waals surface area (Å²) in [6.07, 6.45) is 1.64. The summed E-state index contributed by atoms with van der Waals surface area (Å²) < 4.78 is 31.2. The van der Waals surface area contributed by atoms with Gasteiger partial charge in [-0.2, -0.15) is 0 Å². The molecule has 1 aromatic carbocycles. The smallest absolute Gasteiger partial charge is 0.311 e. The minimum atomic E-state index is -1.63. The molecule has 3 heterocycles. The molecule has 0 bridgehead atoms. The van der Waals surface area contributed by atoms with Gasteiger partial charge in [0.1, 0.15) is 22.5 Å². The Morgan fingerprint density at radius 1 is 1.31 bits per heavy atom. The normalized spacial score (nSPS) is 22.5. The first-order chi connectivity index (χ1) is 15.2. The van der Waals surface area contributed by atoms with Crippen LogP contribution in [0, 0.1) is 18.7 Å². The second kappa shape index (κ2) is 8.68.